The number of hydrogen-bond donors (Lipinski definition) is 4. The standard InChI is InChI=1S/C13H19N3O7/c1-22-6-10(18)14-7-5-23-8(12(20)11(7)19)4-16-3-2-9(17)15-13(16)21/h2-3,7-8,11-12,19-20H,4-6H2,1H3,(H,14,18)(H,15,17,21)/t7-,8-,11+,12-/m1/s1. The lowest BCUT2D eigenvalue weighted by Crippen LogP contribution is -2.60. The van der Waals surface area contributed by atoms with E-state index in [1.807, 2.05) is 0 Å². The van der Waals surface area contributed by atoms with Gasteiger partial charge in [0.05, 0.1) is 19.2 Å². The predicted molar refractivity (Wildman–Crippen MR) is 76.9 cm³/mol. The first-order valence-electron chi connectivity index (χ1n) is 6.98. The number of ether oxygens (including phenoxy) is 2. The number of nitrogens with one attached hydrogen (secondary N) is 2. The molecule has 0 unspecified atom stereocenters. The number of aliphatic hydroxyl groups excluding tert-OH is 2. The lowest BCUT2D eigenvalue weighted by Gasteiger charge is -2.38. The molecule has 1 amide bonds. The molecule has 0 aliphatic carbocycles. The summed E-state index contributed by atoms with van der Waals surface area (Å²) in [5.41, 5.74) is -1.17. The summed E-state index contributed by atoms with van der Waals surface area (Å²) >= 11 is 0. The molecular weight excluding hydrogens is 310 g/mol. The van der Waals surface area contributed by atoms with E-state index in [-0.39, 0.29) is 19.8 Å². The number of rotatable bonds is 5. The topological polar surface area (TPSA) is 143 Å². The minimum Gasteiger partial charge on any atom is -0.388 e. The van der Waals surface area contributed by atoms with Crippen LogP contribution in [0.5, 0.6) is 0 Å². The first-order valence-corrected chi connectivity index (χ1v) is 6.98. The molecule has 0 aromatic carbocycles. The van der Waals surface area contributed by atoms with Crippen molar-refractivity contribution >= 4 is 5.91 Å². The highest BCUT2D eigenvalue weighted by Crippen LogP contribution is 2.16. The van der Waals surface area contributed by atoms with Gasteiger partial charge in [-0.15, -0.1) is 0 Å². The summed E-state index contributed by atoms with van der Waals surface area (Å²) in [6.45, 7) is -0.251. The van der Waals surface area contributed by atoms with E-state index >= 15 is 0 Å². The average molecular weight is 329 g/mol. The molecule has 1 fully saturated rings. The lowest BCUT2D eigenvalue weighted by molar-refractivity contribution is -0.159. The van der Waals surface area contributed by atoms with E-state index in [9.17, 15) is 24.6 Å². The molecule has 23 heavy (non-hydrogen) atoms. The number of carbonyl (C=O) groups excluding carboxylic acids is 1. The van der Waals surface area contributed by atoms with Crippen molar-refractivity contribution in [2.75, 3.05) is 20.3 Å². The Labute approximate surface area is 130 Å². The van der Waals surface area contributed by atoms with Crippen LogP contribution in [0.15, 0.2) is 21.9 Å². The number of aromatic amines is 1. The molecule has 10 heteroatoms. The van der Waals surface area contributed by atoms with Crippen LogP contribution in [-0.2, 0) is 20.8 Å². The zero-order chi connectivity index (χ0) is 17.0. The van der Waals surface area contributed by atoms with Crippen LogP contribution in [0.4, 0.5) is 0 Å². The summed E-state index contributed by atoms with van der Waals surface area (Å²) in [5, 5.41) is 22.7. The number of carbonyl (C=O) groups is 1. The van der Waals surface area contributed by atoms with Crippen LogP contribution in [-0.4, -0.2) is 70.3 Å². The van der Waals surface area contributed by atoms with Crippen LogP contribution < -0.4 is 16.6 Å². The minimum atomic E-state index is -1.31. The Kier molecular flexibility index (Phi) is 5.66. The van der Waals surface area contributed by atoms with E-state index in [0.717, 1.165) is 4.57 Å². The van der Waals surface area contributed by atoms with Gasteiger partial charge >= 0.3 is 5.69 Å². The van der Waals surface area contributed by atoms with Crippen molar-refractivity contribution < 1.29 is 24.5 Å². The summed E-state index contributed by atoms with van der Waals surface area (Å²) in [6, 6.07) is 0.386. The van der Waals surface area contributed by atoms with Gasteiger partial charge in [0.25, 0.3) is 5.56 Å². The summed E-state index contributed by atoms with van der Waals surface area (Å²) in [7, 11) is 1.36. The maximum Gasteiger partial charge on any atom is 0.328 e. The second kappa shape index (κ2) is 7.51. The smallest absolute Gasteiger partial charge is 0.328 e. The number of hydrogen-bond acceptors (Lipinski definition) is 7. The van der Waals surface area contributed by atoms with Crippen molar-refractivity contribution in [1.82, 2.24) is 14.9 Å². The maximum atomic E-state index is 11.6. The van der Waals surface area contributed by atoms with Crippen LogP contribution in [0.3, 0.4) is 0 Å². The lowest BCUT2D eigenvalue weighted by atomic mass is 9.98. The molecule has 1 saturated heterocycles. The average Bonchev–Trinajstić information content (AvgIpc) is 2.49. The molecule has 128 valence electrons. The number of nitrogens with zero attached hydrogens (tertiary/aromatic N) is 1. The molecule has 1 aliphatic heterocycles. The van der Waals surface area contributed by atoms with Crippen LogP contribution in [0.25, 0.3) is 0 Å². The third kappa shape index (κ3) is 4.26. The van der Waals surface area contributed by atoms with E-state index in [2.05, 4.69) is 15.0 Å². The third-order valence-corrected chi connectivity index (χ3v) is 3.53. The van der Waals surface area contributed by atoms with Gasteiger partial charge in [-0.2, -0.15) is 0 Å². The van der Waals surface area contributed by atoms with Gasteiger partial charge in [0.15, 0.2) is 0 Å². The van der Waals surface area contributed by atoms with Crippen LogP contribution >= 0.6 is 0 Å². The Bertz CT molecular complexity index is 655. The Morgan fingerprint density at radius 2 is 2.22 bits per heavy atom. The summed E-state index contributed by atoms with van der Waals surface area (Å²) in [4.78, 5) is 36.2. The summed E-state index contributed by atoms with van der Waals surface area (Å²) in [5.74, 6) is -0.442. The van der Waals surface area contributed by atoms with Gasteiger partial charge in [0, 0.05) is 19.4 Å². The highest BCUT2D eigenvalue weighted by atomic mass is 16.5. The molecule has 1 aliphatic rings. The molecule has 4 atom stereocenters. The number of H-pyrrole nitrogens is 1. The Morgan fingerprint density at radius 1 is 1.48 bits per heavy atom. The van der Waals surface area contributed by atoms with Crippen molar-refractivity contribution in [3.63, 3.8) is 0 Å². The van der Waals surface area contributed by atoms with Gasteiger partial charge in [-0.25, -0.2) is 4.79 Å². The van der Waals surface area contributed by atoms with Crippen molar-refractivity contribution in [2.45, 2.75) is 30.9 Å². The first-order chi connectivity index (χ1) is 10.9. The molecular formula is C13H19N3O7. The molecule has 1 aromatic heterocycles. The Hall–Kier alpha value is -2.01. The van der Waals surface area contributed by atoms with Gasteiger partial charge in [0.1, 0.15) is 24.9 Å². The molecule has 0 bridgehead atoms. The molecule has 1 aromatic rings. The normalized spacial score (nSPS) is 27.6. The molecule has 0 spiro atoms. The van der Waals surface area contributed by atoms with Crippen molar-refractivity contribution in [3.05, 3.63) is 33.1 Å². The van der Waals surface area contributed by atoms with Gasteiger partial charge in [-0.3, -0.25) is 19.1 Å². The van der Waals surface area contributed by atoms with Crippen LogP contribution in [0.1, 0.15) is 0 Å². The van der Waals surface area contributed by atoms with Gasteiger partial charge in [0.2, 0.25) is 5.91 Å². The molecule has 0 radical (unpaired) electrons. The van der Waals surface area contributed by atoms with Gasteiger partial charge in [-0.1, -0.05) is 0 Å². The fourth-order valence-electron chi connectivity index (χ4n) is 2.33. The second-order valence-corrected chi connectivity index (χ2v) is 5.22. The molecule has 2 heterocycles. The van der Waals surface area contributed by atoms with E-state index in [0.29, 0.717) is 0 Å². The van der Waals surface area contributed by atoms with Crippen LogP contribution in [0, 0.1) is 0 Å². The fraction of sp³-hybridized carbons (Fsp3) is 0.615. The minimum absolute atomic E-state index is 0.0313. The molecule has 4 N–H and O–H groups in total. The van der Waals surface area contributed by atoms with E-state index in [1.165, 1.54) is 19.4 Å². The fourth-order valence-corrected chi connectivity index (χ4v) is 2.33. The Balaban J connectivity index is 2.00. The van der Waals surface area contributed by atoms with Crippen molar-refractivity contribution in [1.29, 1.82) is 0 Å². The van der Waals surface area contributed by atoms with E-state index in [4.69, 9.17) is 4.74 Å². The molecule has 2 rings (SSSR count). The molecule has 0 saturated carbocycles. The SMILES string of the molecule is COCC(=O)N[C@@H]1CO[C@H](Cn2ccc(=O)[nH]c2=O)[C@@H](O)[C@H]1O. The van der Waals surface area contributed by atoms with Crippen molar-refractivity contribution in [2.24, 2.45) is 0 Å². The zero-order valence-electron chi connectivity index (χ0n) is 12.5. The predicted octanol–water partition coefficient (Wildman–Crippen LogP) is -3.21. The van der Waals surface area contributed by atoms with Crippen molar-refractivity contribution in [3.8, 4) is 0 Å². The number of aliphatic hydroxyl groups is 2. The summed E-state index contributed by atoms with van der Waals surface area (Å²) in [6.07, 6.45) is -2.15. The largest absolute Gasteiger partial charge is 0.388 e. The van der Waals surface area contributed by atoms with E-state index in [1.54, 1.807) is 0 Å². The molecule has 10 nitrogen and oxygen atoms in total. The second-order valence-electron chi connectivity index (χ2n) is 5.22. The van der Waals surface area contributed by atoms with E-state index < -0.39 is 41.5 Å². The number of amides is 1. The summed E-state index contributed by atoms with van der Waals surface area (Å²) < 4.78 is 11.2. The Morgan fingerprint density at radius 3 is 2.87 bits per heavy atom. The highest BCUT2D eigenvalue weighted by molar-refractivity contribution is 5.77. The highest BCUT2D eigenvalue weighted by Gasteiger charge is 2.39. The number of methoxy groups -OCH3 is 1. The maximum absolute atomic E-state index is 11.6. The quantitative estimate of drug-likeness (QED) is 0.445. The first kappa shape index (κ1) is 17.3. The van der Waals surface area contributed by atoms with Crippen LogP contribution in [0.2, 0.25) is 0 Å². The monoisotopic (exact) mass is 329 g/mol. The van der Waals surface area contributed by atoms with Gasteiger partial charge in [-0.05, 0) is 0 Å². The zero-order valence-corrected chi connectivity index (χ0v) is 12.5. The van der Waals surface area contributed by atoms with Gasteiger partial charge < -0.3 is 25.0 Å². The third-order valence-electron chi connectivity index (χ3n) is 3.53. The number of aromatic nitrogens is 2.